The molecule has 8 heteroatoms. The first-order valence-electron chi connectivity index (χ1n) is 10.6. The molecule has 0 unspecified atom stereocenters. The van der Waals surface area contributed by atoms with Gasteiger partial charge in [-0.2, -0.15) is 0 Å². The highest BCUT2D eigenvalue weighted by atomic mass is 16.5. The van der Waals surface area contributed by atoms with Crippen LogP contribution in [-0.2, 0) is 22.6 Å². The molecule has 2 N–H and O–H groups in total. The average molecular weight is 453 g/mol. The van der Waals surface area contributed by atoms with E-state index in [9.17, 15) is 14.4 Å². The summed E-state index contributed by atoms with van der Waals surface area (Å²) in [6.07, 6.45) is 3.09. The van der Waals surface area contributed by atoms with Gasteiger partial charge >= 0.3 is 18.0 Å². The van der Waals surface area contributed by atoms with Crippen molar-refractivity contribution in [3.63, 3.8) is 0 Å². The molecule has 0 fully saturated rings. The van der Waals surface area contributed by atoms with Gasteiger partial charge in [0.1, 0.15) is 18.1 Å². The van der Waals surface area contributed by atoms with Crippen molar-refractivity contribution in [1.29, 1.82) is 0 Å². The van der Waals surface area contributed by atoms with E-state index in [-0.39, 0.29) is 19.0 Å². The van der Waals surface area contributed by atoms with Crippen LogP contribution in [0.4, 0.5) is 10.5 Å². The number of carbonyl (C=O) groups is 3. The van der Waals surface area contributed by atoms with E-state index >= 15 is 0 Å². The Morgan fingerprint density at radius 3 is 2.58 bits per heavy atom. The Labute approximate surface area is 192 Å². The smallest absolute Gasteiger partial charge is 0.341 e. The minimum Gasteiger partial charge on any atom is -0.496 e. The van der Waals surface area contributed by atoms with Crippen LogP contribution in [0.15, 0.2) is 42.0 Å². The lowest BCUT2D eigenvalue weighted by atomic mass is 9.93. The van der Waals surface area contributed by atoms with Gasteiger partial charge in [-0.3, -0.25) is 4.79 Å². The van der Waals surface area contributed by atoms with Crippen molar-refractivity contribution < 1.29 is 28.6 Å². The summed E-state index contributed by atoms with van der Waals surface area (Å²) in [5.41, 5.74) is 3.87. The van der Waals surface area contributed by atoms with Crippen LogP contribution in [-0.4, -0.2) is 32.1 Å². The molecular weight excluding hydrogens is 424 g/mol. The minimum atomic E-state index is -0.479. The maximum absolute atomic E-state index is 12.4. The number of fused-ring (bicyclic) bond motifs is 1. The number of carbonyl (C=O) groups excluding carboxylic acids is 3. The Bertz CT molecular complexity index is 1090. The van der Waals surface area contributed by atoms with Crippen LogP contribution in [0.5, 0.6) is 11.5 Å². The van der Waals surface area contributed by atoms with Crippen molar-refractivity contribution in [3.8, 4) is 11.5 Å². The quantitative estimate of drug-likeness (QED) is 0.352. The van der Waals surface area contributed by atoms with Crippen molar-refractivity contribution in [2.75, 3.05) is 19.5 Å². The standard InChI is InChI=1S/C25H28N2O6/c1-15(11-13-20(28)33-17-8-6-5-7-9-17)10-12-18-22(27-25(30)26-3)21-19(14-32-24(21)29)16(2)23(18)31-4/h5-10H,11-14H2,1-4H3,(H2,26,27,30)/b15-10+. The fourth-order valence-corrected chi connectivity index (χ4v) is 3.72. The number of hydrogen-bond acceptors (Lipinski definition) is 6. The third kappa shape index (κ3) is 5.52. The molecule has 0 spiro atoms. The normalized spacial score (nSPS) is 12.6. The molecule has 0 saturated carbocycles. The number of allylic oxidation sites excluding steroid dienone is 2. The van der Waals surface area contributed by atoms with Gasteiger partial charge in [0.2, 0.25) is 0 Å². The maximum Gasteiger partial charge on any atom is 0.341 e. The molecule has 0 aliphatic carbocycles. The van der Waals surface area contributed by atoms with E-state index in [4.69, 9.17) is 14.2 Å². The van der Waals surface area contributed by atoms with Crippen molar-refractivity contribution in [2.24, 2.45) is 0 Å². The van der Waals surface area contributed by atoms with Gasteiger partial charge in [-0.25, -0.2) is 9.59 Å². The number of amides is 2. The molecule has 33 heavy (non-hydrogen) atoms. The second-order valence-electron chi connectivity index (χ2n) is 7.69. The number of para-hydroxylation sites is 1. The average Bonchev–Trinajstić information content (AvgIpc) is 3.20. The molecule has 0 radical (unpaired) electrons. The van der Waals surface area contributed by atoms with Gasteiger partial charge in [-0.05, 0) is 44.4 Å². The van der Waals surface area contributed by atoms with E-state index in [2.05, 4.69) is 10.6 Å². The van der Waals surface area contributed by atoms with E-state index < -0.39 is 12.0 Å². The fourth-order valence-electron chi connectivity index (χ4n) is 3.72. The molecule has 1 heterocycles. The Kier molecular flexibility index (Phi) is 7.71. The molecule has 0 atom stereocenters. The molecule has 8 nitrogen and oxygen atoms in total. The Morgan fingerprint density at radius 1 is 1.18 bits per heavy atom. The highest BCUT2D eigenvalue weighted by Gasteiger charge is 2.32. The van der Waals surface area contributed by atoms with E-state index in [0.29, 0.717) is 46.7 Å². The van der Waals surface area contributed by atoms with Crippen LogP contribution in [0.1, 0.15) is 46.8 Å². The number of benzene rings is 2. The zero-order valence-electron chi connectivity index (χ0n) is 19.2. The molecule has 1 aliphatic rings. The van der Waals surface area contributed by atoms with E-state index in [1.807, 2.05) is 26.0 Å². The molecule has 2 amide bonds. The van der Waals surface area contributed by atoms with Crippen molar-refractivity contribution in [2.45, 2.75) is 39.7 Å². The number of esters is 2. The summed E-state index contributed by atoms with van der Waals surface area (Å²) in [6, 6.07) is 8.48. The molecule has 2 aromatic carbocycles. The first kappa shape index (κ1) is 23.8. The van der Waals surface area contributed by atoms with Gasteiger partial charge in [0.25, 0.3) is 0 Å². The summed E-state index contributed by atoms with van der Waals surface area (Å²) >= 11 is 0. The van der Waals surface area contributed by atoms with Gasteiger partial charge in [0, 0.05) is 24.6 Å². The topological polar surface area (TPSA) is 103 Å². The lowest BCUT2D eigenvalue weighted by Crippen LogP contribution is -2.26. The first-order chi connectivity index (χ1) is 15.8. The van der Waals surface area contributed by atoms with Gasteiger partial charge < -0.3 is 24.8 Å². The van der Waals surface area contributed by atoms with Crippen LogP contribution < -0.4 is 20.1 Å². The molecular formula is C25H28N2O6. The number of hydrogen-bond donors (Lipinski definition) is 2. The summed E-state index contributed by atoms with van der Waals surface area (Å²) in [4.78, 5) is 36.7. The number of cyclic esters (lactones) is 1. The molecule has 1 aliphatic heterocycles. The second-order valence-corrected chi connectivity index (χ2v) is 7.69. The number of anilines is 1. The number of ether oxygens (including phenoxy) is 3. The highest BCUT2D eigenvalue weighted by molar-refractivity contribution is 6.05. The zero-order chi connectivity index (χ0) is 24.0. The predicted molar refractivity (Wildman–Crippen MR) is 124 cm³/mol. The van der Waals surface area contributed by atoms with Gasteiger partial charge in [0.05, 0.1) is 18.4 Å². The van der Waals surface area contributed by atoms with Crippen molar-refractivity contribution in [1.82, 2.24) is 5.32 Å². The Morgan fingerprint density at radius 2 is 1.91 bits per heavy atom. The van der Waals surface area contributed by atoms with E-state index in [1.165, 1.54) is 7.05 Å². The molecule has 0 aromatic heterocycles. The number of nitrogens with one attached hydrogen (secondary N) is 2. The predicted octanol–water partition coefficient (Wildman–Crippen LogP) is 4.30. The lowest BCUT2D eigenvalue weighted by Gasteiger charge is -2.19. The third-order valence-corrected chi connectivity index (χ3v) is 5.50. The van der Waals surface area contributed by atoms with Gasteiger partial charge in [0.15, 0.2) is 0 Å². The fraction of sp³-hybridized carbons (Fsp3) is 0.320. The zero-order valence-corrected chi connectivity index (χ0v) is 19.2. The first-order valence-corrected chi connectivity index (χ1v) is 10.6. The summed E-state index contributed by atoms with van der Waals surface area (Å²) in [7, 11) is 3.05. The lowest BCUT2D eigenvalue weighted by molar-refractivity contribution is -0.134. The molecule has 174 valence electrons. The highest BCUT2D eigenvalue weighted by Crippen LogP contribution is 2.41. The van der Waals surface area contributed by atoms with Crippen LogP contribution in [0.3, 0.4) is 0 Å². The van der Waals surface area contributed by atoms with Crippen molar-refractivity contribution >= 4 is 23.7 Å². The summed E-state index contributed by atoms with van der Waals surface area (Å²) in [6.45, 7) is 3.92. The van der Waals surface area contributed by atoms with Crippen molar-refractivity contribution in [3.05, 3.63) is 64.2 Å². The van der Waals surface area contributed by atoms with Crippen LogP contribution in [0.25, 0.3) is 0 Å². The van der Waals surface area contributed by atoms with Crippen LogP contribution in [0.2, 0.25) is 0 Å². The molecule has 2 aromatic rings. The van der Waals surface area contributed by atoms with E-state index in [0.717, 1.165) is 11.1 Å². The summed E-state index contributed by atoms with van der Waals surface area (Å²) in [5.74, 6) is 0.308. The summed E-state index contributed by atoms with van der Waals surface area (Å²) in [5, 5.41) is 5.27. The van der Waals surface area contributed by atoms with Crippen LogP contribution in [0, 0.1) is 6.92 Å². The number of methoxy groups -OCH3 is 1. The molecule has 0 saturated heterocycles. The largest absolute Gasteiger partial charge is 0.496 e. The SMILES string of the molecule is CNC(=O)Nc1c(C/C=C(\C)CCC(=O)Oc2ccccc2)c(OC)c(C)c2c1C(=O)OC2. The maximum atomic E-state index is 12.4. The molecule has 0 bridgehead atoms. The summed E-state index contributed by atoms with van der Waals surface area (Å²) < 4.78 is 16.2. The molecule has 3 rings (SSSR count). The monoisotopic (exact) mass is 452 g/mol. The minimum absolute atomic E-state index is 0.136. The van der Waals surface area contributed by atoms with Gasteiger partial charge in [-0.15, -0.1) is 0 Å². The Hall–Kier alpha value is -3.81. The van der Waals surface area contributed by atoms with Crippen LogP contribution >= 0.6 is 0 Å². The third-order valence-electron chi connectivity index (χ3n) is 5.50. The van der Waals surface area contributed by atoms with E-state index in [1.54, 1.807) is 31.4 Å². The van der Waals surface area contributed by atoms with Gasteiger partial charge in [-0.1, -0.05) is 29.8 Å². The number of rotatable bonds is 8. The Balaban J connectivity index is 1.81. The number of urea groups is 1. The second kappa shape index (κ2) is 10.7.